The number of aromatic hydroxyl groups is 1. The van der Waals surface area contributed by atoms with Crippen LogP contribution in [0.15, 0.2) is 39.6 Å². The Morgan fingerprint density at radius 3 is 2.40 bits per heavy atom. The second-order valence-electron chi connectivity index (χ2n) is 7.54. The lowest BCUT2D eigenvalue weighted by molar-refractivity contribution is 0.292. The number of benzene rings is 1. The first-order chi connectivity index (χ1) is 14.7. The van der Waals surface area contributed by atoms with E-state index in [0.29, 0.717) is 36.4 Å². The summed E-state index contributed by atoms with van der Waals surface area (Å²) in [6.07, 6.45) is 15.5. The summed E-state index contributed by atoms with van der Waals surface area (Å²) in [7, 11) is 0. The highest BCUT2D eigenvalue weighted by Crippen LogP contribution is 2.36. The molecule has 0 aliphatic heterocycles. The molecule has 1 heterocycles. The standard InChI is InChI=1S/C25H36O5/c1-3-5-7-9-10-11-12-14-18-28-21-17-15-16-20-23(21)30-25(27)22(26)24(20)29-19-13-8-6-4-2/h6,8,15-17,26H,3-5,7,9-14,18-19H2,1-2H3/b8-6+. The number of hydrogen-bond donors (Lipinski definition) is 1. The van der Waals surface area contributed by atoms with Crippen molar-refractivity contribution in [2.45, 2.75) is 78.1 Å². The van der Waals surface area contributed by atoms with E-state index in [-0.39, 0.29) is 5.75 Å². The Bertz CT molecular complexity index is 837. The van der Waals surface area contributed by atoms with Gasteiger partial charge in [-0.3, -0.25) is 0 Å². The van der Waals surface area contributed by atoms with Crippen molar-refractivity contribution in [1.82, 2.24) is 0 Å². The van der Waals surface area contributed by atoms with Crippen molar-refractivity contribution in [1.29, 1.82) is 0 Å². The second-order valence-corrected chi connectivity index (χ2v) is 7.54. The first-order valence-corrected chi connectivity index (χ1v) is 11.4. The summed E-state index contributed by atoms with van der Waals surface area (Å²) in [4.78, 5) is 12.1. The van der Waals surface area contributed by atoms with E-state index in [2.05, 4.69) is 19.9 Å². The maximum Gasteiger partial charge on any atom is 0.382 e. The van der Waals surface area contributed by atoms with Crippen molar-refractivity contribution in [3.8, 4) is 17.2 Å². The van der Waals surface area contributed by atoms with Gasteiger partial charge in [0.25, 0.3) is 0 Å². The third-order valence-corrected chi connectivity index (χ3v) is 5.02. The van der Waals surface area contributed by atoms with Crippen molar-refractivity contribution in [3.63, 3.8) is 0 Å². The zero-order valence-electron chi connectivity index (χ0n) is 18.5. The van der Waals surface area contributed by atoms with Gasteiger partial charge < -0.3 is 19.0 Å². The number of allylic oxidation sites excluding steroid dienone is 1. The molecule has 0 spiro atoms. The van der Waals surface area contributed by atoms with Crippen LogP contribution in [0, 0.1) is 0 Å². The molecule has 0 radical (unpaired) electrons. The van der Waals surface area contributed by atoms with E-state index < -0.39 is 11.4 Å². The smallest absolute Gasteiger partial charge is 0.382 e. The van der Waals surface area contributed by atoms with Gasteiger partial charge in [0.15, 0.2) is 17.1 Å². The predicted octanol–water partition coefficient (Wildman–Crippen LogP) is 6.75. The molecule has 2 rings (SSSR count). The Hall–Kier alpha value is -2.43. The van der Waals surface area contributed by atoms with Gasteiger partial charge in [-0.2, -0.15) is 0 Å². The van der Waals surface area contributed by atoms with E-state index in [1.165, 1.54) is 38.5 Å². The Labute approximate surface area is 179 Å². The van der Waals surface area contributed by atoms with Crippen molar-refractivity contribution in [3.05, 3.63) is 40.8 Å². The topological polar surface area (TPSA) is 68.9 Å². The summed E-state index contributed by atoms with van der Waals surface area (Å²) < 4.78 is 16.9. The van der Waals surface area contributed by atoms with E-state index in [1.807, 2.05) is 12.1 Å². The third-order valence-electron chi connectivity index (χ3n) is 5.02. The molecule has 0 aliphatic carbocycles. The lowest BCUT2D eigenvalue weighted by atomic mass is 10.1. The minimum absolute atomic E-state index is 0.156. The third kappa shape index (κ3) is 7.43. The maximum absolute atomic E-state index is 12.1. The van der Waals surface area contributed by atoms with Crippen LogP contribution in [0.1, 0.15) is 78.1 Å². The van der Waals surface area contributed by atoms with Crippen LogP contribution < -0.4 is 15.1 Å². The van der Waals surface area contributed by atoms with Gasteiger partial charge in [-0.1, -0.05) is 77.0 Å². The van der Waals surface area contributed by atoms with Gasteiger partial charge in [0, 0.05) is 0 Å². The molecule has 30 heavy (non-hydrogen) atoms. The van der Waals surface area contributed by atoms with E-state index in [1.54, 1.807) is 12.1 Å². The molecule has 5 heteroatoms. The zero-order valence-corrected chi connectivity index (χ0v) is 18.5. The van der Waals surface area contributed by atoms with Crippen molar-refractivity contribution in [2.24, 2.45) is 0 Å². The minimum atomic E-state index is -0.815. The van der Waals surface area contributed by atoms with Gasteiger partial charge in [0.05, 0.1) is 18.6 Å². The molecule has 0 atom stereocenters. The second kappa shape index (κ2) is 13.7. The first kappa shape index (κ1) is 23.8. The molecule has 0 saturated heterocycles. The first-order valence-electron chi connectivity index (χ1n) is 11.4. The average molecular weight is 417 g/mol. The van der Waals surface area contributed by atoms with Crippen molar-refractivity contribution < 1.29 is 19.0 Å². The van der Waals surface area contributed by atoms with Crippen LogP contribution in [0.5, 0.6) is 17.2 Å². The Morgan fingerprint density at radius 2 is 1.67 bits per heavy atom. The lowest BCUT2D eigenvalue weighted by Gasteiger charge is -2.12. The van der Waals surface area contributed by atoms with E-state index in [0.717, 1.165) is 19.3 Å². The molecule has 1 aromatic heterocycles. The lowest BCUT2D eigenvalue weighted by Crippen LogP contribution is -2.06. The van der Waals surface area contributed by atoms with Gasteiger partial charge in [-0.25, -0.2) is 4.79 Å². The summed E-state index contributed by atoms with van der Waals surface area (Å²) in [5.41, 5.74) is -0.497. The predicted molar refractivity (Wildman–Crippen MR) is 122 cm³/mol. The van der Waals surface area contributed by atoms with Crippen LogP contribution in [0.4, 0.5) is 0 Å². The highest BCUT2D eigenvalue weighted by Gasteiger charge is 2.18. The highest BCUT2D eigenvalue weighted by molar-refractivity contribution is 5.89. The Morgan fingerprint density at radius 1 is 0.933 bits per heavy atom. The van der Waals surface area contributed by atoms with Gasteiger partial charge >= 0.3 is 5.63 Å². The molecule has 2 aromatic rings. The molecule has 0 fully saturated rings. The maximum atomic E-state index is 12.1. The van der Waals surface area contributed by atoms with Crippen LogP contribution in [0.3, 0.4) is 0 Å². The molecule has 1 N–H and O–H groups in total. The molecule has 5 nitrogen and oxygen atoms in total. The molecular weight excluding hydrogens is 380 g/mol. The number of ether oxygens (including phenoxy) is 2. The number of hydrogen-bond acceptors (Lipinski definition) is 5. The monoisotopic (exact) mass is 416 g/mol. The fraction of sp³-hybridized carbons (Fsp3) is 0.560. The molecule has 0 unspecified atom stereocenters. The fourth-order valence-electron chi connectivity index (χ4n) is 3.35. The zero-order chi connectivity index (χ0) is 21.6. The summed E-state index contributed by atoms with van der Waals surface area (Å²) >= 11 is 0. The van der Waals surface area contributed by atoms with Gasteiger partial charge in [0.2, 0.25) is 5.75 Å². The molecule has 1 aromatic carbocycles. The molecule has 0 saturated carbocycles. The van der Waals surface area contributed by atoms with Crippen molar-refractivity contribution >= 4 is 11.0 Å². The van der Waals surface area contributed by atoms with Crippen LogP contribution >= 0.6 is 0 Å². The summed E-state index contributed by atoms with van der Waals surface area (Å²) in [6.45, 7) is 5.23. The minimum Gasteiger partial charge on any atom is -0.499 e. The summed E-state index contributed by atoms with van der Waals surface area (Å²) in [5.74, 6) is 0.161. The van der Waals surface area contributed by atoms with E-state index >= 15 is 0 Å². The molecule has 0 amide bonds. The van der Waals surface area contributed by atoms with Gasteiger partial charge in [0.1, 0.15) is 0 Å². The average Bonchev–Trinajstić information content (AvgIpc) is 2.75. The summed E-state index contributed by atoms with van der Waals surface area (Å²) in [5, 5.41) is 10.7. The molecule has 0 aliphatic rings. The van der Waals surface area contributed by atoms with E-state index in [9.17, 15) is 9.90 Å². The molecule has 0 bridgehead atoms. The SMILES string of the molecule is CC/C=C/CCOc1c(O)c(=O)oc2c(OCCCCCCCCCC)cccc12. The van der Waals surface area contributed by atoms with Crippen molar-refractivity contribution in [2.75, 3.05) is 13.2 Å². The number of unbranched alkanes of at least 4 members (excludes halogenated alkanes) is 7. The van der Waals surface area contributed by atoms with Crippen LogP contribution in [-0.4, -0.2) is 18.3 Å². The van der Waals surface area contributed by atoms with Gasteiger partial charge in [-0.15, -0.1) is 0 Å². The Kier molecular flexibility index (Phi) is 10.9. The highest BCUT2D eigenvalue weighted by atomic mass is 16.5. The van der Waals surface area contributed by atoms with Crippen LogP contribution in [-0.2, 0) is 0 Å². The molecule has 166 valence electrons. The fourth-order valence-corrected chi connectivity index (χ4v) is 3.35. The van der Waals surface area contributed by atoms with Gasteiger partial charge in [-0.05, 0) is 31.4 Å². The summed E-state index contributed by atoms with van der Waals surface area (Å²) in [6, 6.07) is 5.36. The quantitative estimate of drug-likeness (QED) is 0.197. The Balaban J connectivity index is 1.95. The number of para-hydroxylation sites is 1. The van der Waals surface area contributed by atoms with Crippen LogP contribution in [0.2, 0.25) is 0 Å². The number of fused-ring (bicyclic) bond motifs is 1. The normalized spacial score (nSPS) is 11.4. The van der Waals surface area contributed by atoms with E-state index in [4.69, 9.17) is 13.9 Å². The number of rotatable bonds is 15. The molecular formula is C25H36O5. The van der Waals surface area contributed by atoms with Crippen LogP contribution in [0.25, 0.3) is 11.0 Å². The largest absolute Gasteiger partial charge is 0.499 e.